The molecule has 0 aliphatic carbocycles. The fraction of sp³-hybridized carbons (Fsp3) is 0.474. The number of amides is 2. The number of urea groups is 1. The third kappa shape index (κ3) is 3.86. The second-order valence-corrected chi connectivity index (χ2v) is 6.99. The number of halogens is 1. The average Bonchev–Trinajstić information content (AvgIpc) is 3.13. The number of likely N-dealkylation sites (N-methyl/N-ethyl adjacent to an activating group) is 1. The van der Waals surface area contributed by atoms with E-state index in [2.05, 4.69) is 10.2 Å². The number of carbonyl (C=O) groups excluding carboxylic acids is 2. The Morgan fingerprint density at radius 3 is 2.54 bits per heavy atom. The fourth-order valence-electron chi connectivity index (χ4n) is 3.46. The molecule has 0 bridgehead atoms. The lowest BCUT2D eigenvalue weighted by Gasteiger charge is -2.36. The molecule has 3 rings (SSSR count). The highest BCUT2D eigenvalue weighted by molar-refractivity contribution is 6.30. The molecule has 6 nitrogen and oxygen atoms in total. The number of carbonyl (C=O) groups is 2. The van der Waals surface area contributed by atoms with Crippen LogP contribution in [0.15, 0.2) is 35.5 Å². The molecule has 1 fully saturated rings. The van der Waals surface area contributed by atoms with E-state index in [1.807, 2.05) is 12.1 Å². The van der Waals surface area contributed by atoms with Crippen LogP contribution in [0, 0.1) is 0 Å². The molecule has 2 heterocycles. The second kappa shape index (κ2) is 8.10. The highest BCUT2D eigenvalue weighted by Crippen LogP contribution is 2.32. The third-order valence-corrected chi connectivity index (χ3v) is 5.10. The van der Waals surface area contributed by atoms with Gasteiger partial charge >= 0.3 is 12.0 Å². The van der Waals surface area contributed by atoms with E-state index < -0.39 is 12.0 Å². The number of nitrogens with one attached hydrogen (secondary N) is 1. The molecule has 0 radical (unpaired) electrons. The fourth-order valence-corrected chi connectivity index (χ4v) is 3.58. The monoisotopic (exact) mass is 377 g/mol. The van der Waals surface area contributed by atoms with E-state index in [1.165, 1.54) is 4.90 Å². The van der Waals surface area contributed by atoms with Crippen molar-refractivity contribution in [3.8, 4) is 0 Å². The molecule has 2 amide bonds. The van der Waals surface area contributed by atoms with Gasteiger partial charge in [-0.05, 0) is 50.6 Å². The number of hydrogen-bond donors (Lipinski definition) is 1. The van der Waals surface area contributed by atoms with E-state index in [4.69, 9.17) is 16.3 Å². The summed E-state index contributed by atoms with van der Waals surface area (Å²) in [6, 6.07) is 6.38. The van der Waals surface area contributed by atoms with Crippen LogP contribution in [0.25, 0.3) is 0 Å². The van der Waals surface area contributed by atoms with Crippen molar-refractivity contribution in [1.82, 2.24) is 15.1 Å². The van der Waals surface area contributed by atoms with Crippen molar-refractivity contribution in [2.24, 2.45) is 0 Å². The van der Waals surface area contributed by atoms with E-state index in [1.54, 1.807) is 26.1 Å². The summed E-state index contributed by atoms with van der Waals surface area (Å²) in [7, 11) is 1.69. The van der Waals surface area contributed by atoms with Gasteiger partial charge in [-0.2, -0.15) is 0 Å². The first-order valence-electron chi connectivity index (χ1n) is 8.93. The zero-order valence-electron chi connectivity index (χ0n) is 15.1. The van der Waals surface area contributed by atoms with Gasteiger partial charge in [0.15, 0.2) is 0 Å². The second-order valence-electron chi connectivity index (χ2n) is 6.56. The summed E-state index contributed by atoms with van der Waals surface area (Å²) in [5.74, 6) is -0.395. The zero-order valence-corrected chi connectivity index (χ0v) is 15.9. The highest BCUT2D eigenvalue weighted by atomic mass is 35.5. The van der Waals surface area contributed by atoms with E-state index in [-0.39, 0.29) is 12.6 Å². The average molecular weight is 378 g/mol. The van der Waals surface area contributed by atoms with Crippen molar-refractivity contribution in [2.45, 2.75) is 25.8 Å². The van der Waals surface area contributed by atoms with Gasteiger partial charge in [0.2, 0.25) is 0 Å². The van der Waals surface area contributed by atoms with E-state index in [0.29, 0.717) is 22.8 Å². The van der Waals surface area contributed by atoms with Gasteiger partial charge in [-0.1, -0.05) is 23.7 Å². The summed E-state index contributed by atoms with van der Waals surface area (Å²) in [5, 5.41) is 3.52. The first-order chi connectivity index (χ1) is 12.5. The quantitative estimate of drug-likeness (QED) is 0.801. The van der Waals surface area contributed by atoms with Crippen molar-refractivity contribution in [3.05, 3.63) is 46.1 Å². The van der Waals surface area contributed by atoms with Crippen LogP contribution in [0.2, 0.25) is 5.02 Å². The summed E-state index contributed by atoms with van der Waals surface area (Å²) >= 11 is 5.99. The molecular formula is C19H24ClN3O3. The largest absolute Gasteiger partial charge is 0.463 e. The number of nitrogens with zero attached hydrogens (tertiary/aromatic N) is 2. The van der Waals surface area contributed by atoms with E-state index in [0.717, 1.165) is 31.5 Å². The summed E-state index contributed by atoms with van der Waals surface area (Å²) < 4.78 is 5.32. The Bertz CT molecular complexity index is 711. The molecular weight excluding hydrogens is 354 g/mol. The molecule has 2 aliphatic rings. The number of rotatable bonds is 5. The molecule has 140 valence electrons. The standard InChI is InChI=1S/C19H24ClN3O3/c1-3-26-18(24)16-15(12-23-10-4-5-11-23)22(2)19(25)21-17(16)13-6-8-14(20)9-7-13/h6-9,17H,3-5,10-12H2,1-2H3,(H,21,25). The molecule has 1 N–H and O–H groups in total. The Kier molecular flexibility index (Phi) is 5.84. The minimum absolute atomic E-state index is 0.229. The highest BCUT2D eigenvalue weighted by Gasteiger charge is 2.37. The van der Waals surface area contributed by atoms with Crippen LogP contribution in [-0.2, 0) is 9.53 Å². The van der Waals surface area contributed by atoms with Gasteiger partial charge in [0.05, 0.1) is 18.2 Å². The lowest BCUT2D eigenvalue weighted by molar-refractivity contribution is -0.139. The van der Waals surface area contributed by atoms with Gasteiger partial charge in [-0.15, -0.1) is 0 Å². The van der Waals surface area contributed by atoms with Crippen LogP contribution < -0.4 is 5.32 Å². The summed E-state index contributed by atoms with van der Waals surface area (Å²) in [6.07, 6.45) is 2.27. The van der Waals surface area contributed by atoms with Crippen LogP contribution in [-0.4, -0.2) is 55.1 Å². The van der Waals surface area contributed by atoms with Gasteiger partial charge < -0.3 is 10.1 Å². The Morgan fingerprint density at radius 1 is 1.27 bits per heavy atom. The normalized spacial score (nSPS) is 21.1. The topological polar surface area (TPSA) is 61.9 Å². The predicted molar refractivity (Wildman–Crippen MR) is 99.8 cm³/mol. The minimum Gasteiger partial charge on any atom is -0.463 e. The van der Waals surface area contributed by atoms with Crippen LogP contribution >= 0.6 is 11.6 Å². The number of esters is 1. The number of ether oxygens (including phenoxy) is 1. The maximum Gasteiger partial charge on any atom is 0.338 e. The lowest BCUT2D eigenvalue weighted by atomic mass is 9.94. The molecule has 7 heteroatoms. The molecule has 2 aliphatic heterocycles. The third-order valence-electron chi connectivity index (χ3n) is 4.85. The molecule has 1 saturated heterocycles. The molecule has 1 unspecified atom stereocenters. The van der Waals surface area contributed by atoms with Gasteiger partial charge in [0.25, 0.3) is 0 Å². The summed E-state index contributed by atoms with van der Waals surface area (Å²) in [5.41, 5.74) is 2.00. The first-order valence-corrected chi connectivity index (χ1v) is 9.31. The summed E-state index contributed by atoms with van der Waals surface area (Å²) in [4.78, 5) is 29.1. The maximum absolute atomic E-state index is 12.8. The molecule has 0 spiro atoms. The lowest BCUT2D eigenvalue weighted by Crippen LogP contribution is -2.49. The smallest absolute Gasteiger partial charge is 0.338 e. The van der Waals surface area contributed by atoms with Crippen molar-refractivity contribution < 1.29 is 14.3 Å². The number of likely N-dealkylation sites (tertiary alicyclic amines) is 1. The van der Waals surface area contributed by atoms with Crippen molar-refractivity contribution in [1.29, 1.82) is 0 Å². The van der Waals surface area contributed by atoms with Gasteiger partial charge in [-0.3, -0.25) is 9.80 Å². The Balaban J connectivity index is 2.05. The van der Waals surface area contributed by atoms with Crippen LogP contribution in [0.3, 0.4) is 0 Å². The number of benzene rings is 1. The molecule has 1 aromatic carbocycles. The predicted octanol–water partition coefficient (Wildman–Crippen LogP) is 2.95. The van der Waals surface area contributed by atoms with Crippen LogP contribution in [0.5, 0.6) is 0 Å². The van der Waals surface area contributed by atoms with Crippen molar-refractivity contribution >= 4 is 23.6 Å². The van der Waals surface area contributed by atoms with Gasteiger partial charge in [0.1, 0.15) is 0 Å². The van der Waals surface area contributed by atoms with Crippen molar-refractivity contribution in [3.63, 3.8) is 0 Å². The molecule has 26 heavy (non-hydrogen) atoms. The van der Waals surface area contributed by atoms with Crippen LogP contribution in [0.1, 0.15) is 31.4 Å². The van der Waals surface area contributed by atoms with Crippen molar-refractivity contribution in [2.75, 3.05) is 33.3 Å². The first kappa shape index (κ1) is 18.7. The zero-order chi connectivity index (χ0) is 18.7. The Hall–Kier alpha value is -2.05. The minimum atomic E-state index is -0.549. The van der Waals surface area contributed by atoms with Crippen LogP contribution in [0.4, 0.5) is 4.79 Å². The molecule has 1 atom stereocenters. The molecule has 1 aromatic rings. The maximum atomic E-state index is 12.8. The Morgan fingerprint density at radius 2 is 1.92 bits per heavy atom. The van der Waals surface area contributed by atoms with E-state index in [9.17, 15) is 9.59 Å². The molecule has 0 aromatic heterocycles. The Labute approximate surface area is 158 Å². The number of hydrogen-bond acceptors (Lipinski definition) is 4. The molecule has 0 saturated carbocycles. The summed E-state index contributed by atoms with van der Waals surface area (Å²) in [6.45, 7) is 4.56. The SMILES string of the molecule is CCOC(=O)C1=C(CN2CCCC2)N(C)C(=O)NC1c1ccc(Cl)cc1. The van der Waals surface area contributed by atoms with E-state index >= 15 is 0 Å². The van der Waals surface area contributed by atoms with Gasteiger partial charge in [0, 0.05) is 24.3 Å². The van der Waals surface area contributed by atoms with Gasteiger partial charge in [-0.25, -0.2) is 9.59 Å².